The molecular weight excluding hydrogens is 280 g/mol. The number of anilines is 2. The lowest BCUT2D eigenvalue weighted by atomic mass is 10.1. The summed E-state index contributed by atoms with van der Waals surface area (Å²) >= 11 is 0. The number of rotatable bonds is 4. The molecule has 0 unspecified atom stereocenters. The third-order valence-electron chi connectivity index (χ3n) is 3.15. The van der Waals surface area contributed by atoms with Crippen molar-refractivity contribution < 1.29 is 14.3 Å². The van der Waals surface area contributed by atoms with Gasteiger partial charge in [-0.1, -0.05) is 6.07 Å². The zero-order chi connectivity index (χ0) is 16.1. The molecule has 0 atom stereocenters. The minimum Gasteiger partial charge on any atom is -0.495 e. The molecule has 2 rings (SSSR count). The second-order valence-corrected chi connectivity index (χ2v) is 4.92. The molecule has 0 aliphatic rings. The van der Waals surface area contributed by atoms with Gasteiger partial charge in [-0.15, -0.1) is 0 Å². The molecule has 5 nitrogen and oxygen atoms in total. The summed E-state index contributed by atoms with van der Waals surface area (Å²) in [5.74, 6) is 0.577. The number of Topliss-reactive ketones (excluding diaryl/α,β-unsaturated/α-hetero) is 1. The summed E-state index contributed by atoms with van der Waals surface area (Å²) in [5, 5.41) is 5.46. The molecule has 0 aliphatic heterocycles. The van der Waals surface area contributed by atoms with Gasteiger partial charge in [0.25, 0.3) is 0 Å². The van der Waals surface area contributed by atoms with Crippen LogP contribution in [-0.4, -0.2) is 18.9 Å². The number of urea groups is 1. The number of ether oxygens (including phenoxy) is 1. The van der Waals surface area contributed by atoms with Crippen LogP contribution in [0.3, 0.4) is 0 Å². The zero-order valence-electron chi connectivity index (χ0n) is 12.8. The van der Waals surface area contributed by atoms with Crippen LogP contribution in [-0.2, 0) is 0 Å². The summed E-state index contributed by atoms with van der Waals surface area (Å²) < 4.78 is 5.21. The Balaban J connectivity index is 2.07. The minimum absolute atomic E-state index is 0.0134. The Labute approximate surface area is 129 Å². The molecule has 0 saturated heterocycles. The Morgan fingerprint density at radius 3 is 2.27 bits per heavy atom. The van der Waals surface area contributed by atoms with Gasteiger partial charge in [0.05, 0.1) is 12.8 Å². The van der Waals surface area contributed by atoms with E-state index in [-0.39, 0.29) is 11.8 Å². The summed E-state index contributed by atoms with van der Waals surface area (Å²) in [5.41, 5.74) is 2.82. The number of amides is 2. The molecule has 22 heavy (non-hydrogen) atoms. The number of benzene rings is 2. The maximum Gasteiger partial charge on any atom is 0.323 e. The van der Waals surface area contributed by atoms with Crippen LogP contribution in [0.15, 0.2) is 42.5 Å². The Bertz CT molecular complexity index is 694. The average Bonchev–Trinajstić information content (AvgIpc) is 2.48. The van der Waals surface area contributed by atoms with Gasteiger partial charge in [0.1, 0.15) is 5.75 Å². The van der Waals surface area contributed by atoms with Gasteiger partial charge < -0.3 is 15.4 Å². The Kier molecular flexibility index (Phi) is 4.78. The van der Waals surface area contributed by atoms with Crippen molar-refractivity contribution >= 4 is 23.2 Å². The van der Waals surface area contributed by atoms with Crippen LogP contribution in [0.2, 0.25) is 0 Å². The van der Waals surface area contributed by atoms with E-state index in [1.807, 2.05) is 19.1 Å². The van der Waals surface area contributed by atoms with Crippen molar-refractivity contribution in [1.82, 2.24) is 0 Å². The van der Waals surface area contributed by atoms with E-state index < -0.39 is 0 Å². The highest BCUT2D eigenvalue weighted by Gasteiger charge is 2.08. The van der Waals surface area contributed by atoms with E-state index >= 15 is 0 Å². The third kappa shape index (κ3) is 3.85. The molecule has 0 fully saturated rings. The first-order valence-electron chi connectivity index (χ1n) is 6.83. The van der Waals surface area contributed by atoms with E-state index in [0.717, 1.165) is 5.56 Å². The highest BCUT2D eigenvalue weighted by molar-refractivity contribution is 6.01. The van der Waals surface area contributed by atoms with Gasteiger partial charge in [-0.05, 0) is 55.8 Å². The average molecular weight is 298 g/mol. The quantitative estimate of drug-likeness (QED) is 0.842. The fourth-order valence-electron chi connectivity index (χ4n) is 1.99. The van der Waals surface area contributed by atoms with Crippen molar-refractivity contribution in [1.29, 1.82) is 0 Å². The molecule has 0 saturated carbocycles. The molecule has 0 bridgehead atoms. The molecular formula is C17H18N2O3. The highest BCUT2D eigenvalue weighted by Crippen LogP contribution is 2.25. The summed E-state index contributed by atoms with van der Waals surface area (Å²) in [7, 11) is 1.55. The van der Waals surface area contributed by atoms with Crippen LogP contribution >= 0.6 is 0 Å². The van der Waals surface area contributed by atoms with Crippen molar-refractivity contribution in [2.75, 3.05) is 17.7 Å². The number of aryl methyl sites for hydroxylation is 1. The molecule has 0 aromatic heterocycles. The Hall–Kier alpha value is -2.82. The van der Waals surface area contributed by atoms with E-state index in [0.29, 0.717) is 22.7 Å². The predicted molar refractivity (Wildman–Crippen MR) is 86.8 cm³/mol. The highest BCUT2D eigenvalue weighted by atomic mass is 16.5. The number of hydrogen-bond acceptors (Lipinski definition) is 3. The zero-order valence-corrected chi connectivity index (χ0v) is 12.8. The third-order valence-corrected chi connectivity index (χ3v) is 3.15. The molecule has 2 aromatic carbocycles. The molecule has 0 radical (unpaired) electrons. The lowest BCUT2D eigenvalue weighted by Gasteiger charge is -2.12. The standard InChI is InChI=1S/C17H18N2O3/c1-11-4-9-16(22-3)15(10-11)19-17(21)18-14-7-5-13(6-8-14)12(2)20/h4-10H,1-3H3,(H2,18,19,21). The van der Waals surface area contributed by atoms with Gasteiger partial charge >= 0.3 is 6.03 Å². The van der Waals surface area contributed by atoms with E-state index in [4.69, 9.17) is 4.74 Å². The lowest BCUT2D eigenvalue weighted by Crippen LogP contribution is -2.19. The van der Waals surface area contributed by atoms with Crippen molar-refractivity contribution in [3.63, 3.8) is 0 Å². The van der Waals surface area contributed by atoms with E-state index in [1.54, 1.807) is 37.4 Å². The molecule has 0 heterocycles. The van der Waals surface area contributed by atoms with E-state index in [9.17, 15) is 9.59 Å². The Morgan fingerprint density at radius 2 is 1.68 bits per heavy atom. The minimum atomic E-state index is -0.375. The topological polar surface area (TPSA) is 67.4 Å². The molecule has 5 heteroatoms. The predicted octanol–water partition coefficient (Wildman–Crippen LogP) is 3.85. The van der Waals surface area contributed by atoms with Crippen molar-refractivity contribution in [3.05, 3.63) is 53.6 Å². The maximum absolute atomic E-state index is 12.0. The van der Waals surface area contributed by atoms with Crippen molar-refractivity contribution in [2.45, 2.75) is 13.8 Å². The molecule has 0 spiro atoms. The van der Waals surface area contributed by atoms with Gasteiger partial charge in [0.15, 0.2) is 5.78 Å². The molecule has 114 valence electrons. The van der Waals surface area contributed by atoms with E-state index in [1.165, 1.54) is 6.92 Å². The Morgan fingerprint density at radius 1 is 1.00 bits per heavy atom. The number of carbonyl (C=O) groups excluding carboxylic acids is 2. The van der Waals surface area contributed by atoms with Crippen LogP contribution < -0.4 is 15.4 Å². The summed E-state index contributed by atoms with van der Waals surface area (Å²) in [6.07, 6.45) is 0. The summed E-state index contributed by atoms with van der Waals surface area (Å²) in [6, 6.07) is 11.9. The lowest BCUT2D eigenvalue weighted by molar-refractivity contribution is 0.101. The van der Waals surface area contributed by atoms with Crippen LogP contribution in [0.1, 0.15) is 22.8 Å². The molecule has 2 N–H and O–H groups in total. The molecule has 0 aliphatic carbocycles. The van der Waals surface area contributed by atoms with Crippen LogP contribution in [0.4, 0.5) is 16.2 Å². The van der Waals surface area contributed by atoms with Gasteiger partial charge in [0, 0.05) is 11.3 Å². The second-order valence-electron chi connectivity index (χ2n) is 4.92. The van der Waals surface area contributed by atoms with Crippen LogP contribution in [0.25, 0.3) is 0 Å². The number of methoxy groups -OCH3 is 1. The fourth-order valence-corrected chi connectivity index (χ4v) is 1.99. The van der Waals surface area contributed by atoms with Crippen LogP contribution in [0, 0.1) is 6.92 Å². The van der Waals surface area contributed by atoms with Crippen molar-refractivity contribution in [2.24, 2.45) is 0 Å². The molecule has 2 amide bonds. The second kappa shape index (κ2) is 6.76. The smallest absolute Gasteiger partial charge is 0.323 e. The summed E-state index contributed by atoms with van der Waals surface area (Å²) in [6.45, 7) is 3.43. The van der Waals surface area contributed by atoms with Crippen LogP contribution in [0.5, 0.6) is 5.75 Å². The normalized spacial score (nSPS) is 9.95. The fraction of sp³-hybridized carbons (Fsp3) is 0.176. The summed E-state index contributed by atoms with van der Waals surface area (Å²) in [4.78, 5) is 23.2. The van der Waals surface area contributed by atoms with Gasteiger partial charge in [0.2, 0.25) is 0 Å². The monoisotopic (exact) mass is 298 g/mol. The first kappa shape index (κ1) is 15.6. The van der Waals surface area contributed by atoms with Gasteiger partial charge in [-0.2, -0.15) is 0 Å². The number of ketones is 1. The van der Waals surface area contributed by atoms with Gasteiger partial charge in [-0.25, -0.2) is 4.79 Å². The first-order valence-corrected chi connectivity index (χ1v) is 6.83. The SMILES string of the molecule is COc1ccc(C)cc1NC(=O)Nc1ccc(C(C)=O)cc1. The first-order chi connectivity index (χ1) is 10.5. The number of nitrogens with one attached hydrogen (secondary N) is 2. The maximum atomic E-state index is 12.0. The van der Waals surface area contributed by atoms with E-state index in [2.05, 4.69) is 10.6 Å². The number of carbonyl (C=O) groups is 2. The largest absolute Gasteiger partial charge is 0.495 e. The van der Waals surface area contributed by atoms with Gasteiger partial charge in [-0.3, -0.25) is 4.79 Å². The number of hydrogen-bond donors (Lipinski definition) is 2. The molecule has 2 aromatic rings. The van der Waals surface area contributed by atoms with Crippen molar-refractivity contribution in [3.8, 4) is 5.75 Å².